The quantitative estimate of drug-likeness (QED) is 0.285. The number of sulfonamides is 1. The summed E-state index contributed by atoms with van der Waals surface area (Å²) in [5, 5.41) is 14.6. The van der Waals surface area contributed by atoms with Crippen molar-refractivity contribution in [1.82, 2.24) is 9.71 Å². The molecule has 1 heterocycles. The van der Waals surface area contributed by atoms with E-state index in [1.807, 2.05) is 0 Å². The standard InChI is InChI=1S/C22H30N4O6S/c1-16-3-6-18(7-4-16)25-33(29,30)19-8-9-20(21(13-19)26(27)28)23-14-17-5-10-22(24-15-17)32-12-11-31-2/h5,8-10,13,15-16,18,23,25H,3-4,6-7,11-12,14H2,1-2H3. The Hall–Kier alpha value is -2.76. The van der Waals surface area contributed by atoms with E-state index in [4.69, 9.17) is 9.47 Å². The van der Waals surface area contributed by atoms with Crippen molar-refractivity contribution in [3.05, 3.63) is 52.2 Å². The third kappa shape index (κ3) is 7.11. The van der Waals surface area contributed by atoms with Crippen LogP contribution in [0.3, 0.4) is 0 Å². The van der Waals surface area contributed by atoms with Gasteiger partial charge in [0.15, 0.2) is 0 Å². The average molecular weight is 479 g/mol. The van der Waals surface area contributed by atoms with Crippen LogP contribution in [-0.2, 0) is 21.3 Å². The van der Waals surface area contributed by atoms with Gasteiger partial charge in [0.05, 0.1) is 16.4 Å². The summed E-state index contributed by atoms with van der Waals surface area (Å²) in [6.07, 6.45) is 5.07. The van der Waals surface area contributed by atoms with Crippen molar-refractivity contribution in [3.63, 3.8) is 0 Å². The molecule has 0 bridgehead atoms. The van der Waals surface area contributed by atoms with Gasteiger partial charge < -0.3 is 14.8 Å². The molecule has 1 aliphatic rings. The Morgan fingerprint density at radius 3 is 2.55 bits per heavy atom. The van der Waals surface area contributed by atoms with E-state index in [0.29, 0.717) is 25.0 Å². The summed E-state index contributed by atoms with van der Waals surface area (Å²) < 4.78 is 38.6. The van der Waals surface area contributed by atoms with Gasteiger partial charge in [-0.15, -0.1) is 0 Å². The summed E-state index contributed by atoms with van der Waals surface area (Å²) in [6, 6.07) is 7.26. The fourth-order valence-electron chi connectivity index (χ4n) is 3.67. The van der Waals surface area contributed by atoms with Crippen molar-refractivity contribution >= 4 is 21.4 Å². The van der Waals surface area contributed by atoms with Crippen LogP contribution in [0.2, 0.25) is 0 Å². The maximum absolute atomic E-state index is 12.8. The second kappa shape index (κ2) is 11.4. The second-order valence-electron chi connectivity index (χ2n) is 8.21. The summed E-state index contributed by atoms with van der Waals surface area (Å²) in [6.45, 7) is 3.27. The molecule has 0 atom stereocenters. The fourth-order valence-corrected chi connectivity index (χ4v) is 5.00. The largest absolute Gasteiger partial charge is 0.475 e. The van der Waals surface area contributed by atoms with Crippen molar-refractivity contribution in [2.75, 3.05) is 25.6 Å². The molecule has 3 rings (SSSR count). The lowest BCUT2D eigenvalue weighted by atomic mass is 9.88. The molecule has 11 heteroatoms. The highest BCUT2D eigenvalue weighted by Crippen LogP contribution is 2.29. The molecule has 0 unspecified atom stereocenters. The van der Waals surface area contributed by atoms with E-state index in [2.05, 4.69) is 21.9 Å². The zero-order valence-electron chi connectivity index (χ0n) is 18.8. The highest BCUT2D eigenvalue weighted by molar-refractivity contribution is 7.89. The summed E-state index contributed by atoms with van der Waals surface area (Å²) in [7, 11) is -2.26. The lowest BCUT2D eigenvalue weighted by Gasteiger charge is -2.26. The number of nitrogens with one attached hydrogen (secondary N) is 2. The number of anilines is 1. The second-order valence-corrected chi connectivity index (χ2v) is 9.93. The minimum absolute atomic E-state index is 0.113. The molecule has 0 spiro atoms. The van der Waals surface area contributed by atoms with Gasteiger partial charge in [0, 0.05) is 38.0 Å². The van der Waals surface area contributed by atoms with Crippen LogP contribution in [0.4, 0.5) is 11.4 Å². The van der Waals surface area contributed by atoms with Gasteiger partial charge in [-0.2, -0.15) is 0 Å². The van der Waals surface area contributed by atoms with Gasteiger partial charge in [0.25, 0.3) is 5.69 Å². The number of ether oxygens (including phenoxy) is 2. The van der Waals surface area contributed by atoms with Gasteiger partial charge in [-0.3, -0.25) is 10.1 Å². The molecule has 2 N–H and O–H groups in total. The molecule has 180 valence electrons. The van der Waals surface area contributed by atoms with Crippen LogP contribution in [0.25, 0.3) is 0 Å². The Bertz CT molecular complexity index is 1040. The number of hydrogen-bond donors (Lipinski definition) is 2. The minimum atomic E-state index is -3.85. The monoisotopic (exact) mass is 478 g/mol. The molecule has 1 saturated carbocycles. The lowest BCUT2D eigenvalue weighted by molar-refractivity contribution is -0.384. The smallest absolute Gasteiger partial charge is 0.293 e. The molecule has 1 aromatic carbocycles. The third-order valence-corrected chi connectivity index (χ3v) is 7.15. The highest BCUT2D eigenvalue weighted by atomic mass is 32.2. The van der Waals surface area contributed by atoms with E-state index in [-0.39, 0.29) is 28.9 Å². The molecule has 0 radical (unpaired) electrons. The lowest BCUT2D eigenvalue weighted by Crippen LogP contribution is -2.37. The van der Waals surface area contributed by atoms with E-state index in [1.165, 1.54) is 12.1 Å². The molecule has 0 saturated heterocycles. The third-order valence-electron chi connectivity index (χ3n) is 5.63. The number of rotatable bonds is 11. The summed E-state index contributed by atoms with van der Waals surface area (Å²) in [5.41, 5.74) is 0.710. The van der Waals surface area contributed by atoms with Crippen LogP contribution in [0.5, 0.6) is 5.88 Å². The SMILES string of the molecule is COCCOc1ccc(CNc2ccc(S(=O)(=O)NC3CCC(C)CC3)cc2[N+](=O)[O-])cn1. The van der Waals surface area contributed by atoms with Crippen LogP contribution < -0.4 is 14.8 Å². The molecule has 1 aliphatic carbocycles. The van der Waals surface area contributed by atoms with E-state index in [1.54, 1.807) is 25.4 Å². The molecular formula is C22H30N4O6S. The van der Waals surface area contributed by atoms with E-state index in [0.717, 1.165) is 37.3 Å². The molecule has 0 amide bonds. The Morgan fingerprint density at radius 2 is 1.91 bits per heavy atom. The van der Waals surface area contributed by atoms with Crippen molar-refractivity contribution in [2.24, 2.45) is 5.92 Å². The predicted molar refractivity (Wildman–Crippen MR) is 124 cm³/mol. The van der Waals surface area contributed by atoms with Crippen molar-refractivity contribution in [2.45, 2.75) is 50.1 Å². The zero-order chi connectivity index (χ0) is 23.8. The van der Waals surface area contributed by atoms with Gasteiger partial charge in [-0.05, 0) is 49.3 Å². The van der Waals surface area contributed by atoms with Crippen LogP contribution in [0, 0.1) is 16.0 Å². The van der Waals surface area contributed by atoms with Gasteiger partial charge in [-0.25, -0.2) is 18.1 Å². The van der Waals surface area contributed by atoms with Crippen molar-refractivity contribution < 1.29 is 22.8 Å². The number of nitro benzene ring substituents is 1. The fraction of sp³-hybridized carbons (Fsp3) is 0.500. The first kappa shape index (κ1) is 24.9. The molecule has 10 nitrogen and oxygen atoms in total. The number of methoxy groups -OCH3 is 1. The molecule has 1 aromatic heterocycles. The normalized spacial score (nSPS) is 18.6. The number of pyridine rings is 1. The van der Waals surface area contributed by atoms with Gasteiger partial charge >= 0.3 is 0 Å². The number of nitro groups is 1. The van der Waals surface area contributed by atoms with E-state index >= 15 is 0 Å². The Kier molecular flexibility index (Phi) is 8.59. The van der Waals surface area contributed by atoms with Crippen LogP contribution >= 0.6 is 0 Å². The predicted octanol–water partition coefficient (Wildman–Crippen LogP) is 3.48. The Balaban J connectivity index is 1.66. The van der Waals surface area contributed by atoms with Crippen LogP contribution in [-0.4, -0.2) is 44.7 Å². The molecular weight excluding hydrogens is 448 g/mol. The minimum Gasteiger partial charge on any atom is -0.475 e. The van der Waals surface area contributed by atoms with E-state index < -0.39 is 14.9 Å². The summed E-state index contributed by atoms with van der Waals surface area (Å²) >= 11 is 0. The highest BCUT2D eigenvalue weighted by Gasteiger charge is 2.26. The maximum atomic E-state index is 12.8. The summed E-state index contributed by atoms with van der Waals surface area (Å²) in [5.74, 6) is 1.04. The van der Waals surface area contributed by atoms with E-state index in [9.17, 15) is 18.5 Å². The molecule has 1 fully saturated rings. The molecule has 33 heavy (non-hydrogen) atoms. The number of aromatic nitrogens is 1. The van der Waals surface area contributed by atoms with Crippen molar-refractivity contribution in [3.8, 4) is 5.88 Å². The van der Waals surface area contributed by atoms with Gasteiger partial charge in [0.2, 0.25) is 15.9 Å². The number of benzene rings is 1. The van der Waals surface area contributed by atoms with Gasteiger partial charge in [0.1, 0.15) is 12.3 Å². The number of hydrogen-bond acceptors (Lipinski definition) is 8. The zero-order valence-corrected chi connectivity index (χ0v) is 19.6. The topological polar surface area (TPSA) is 133 Å². The van der Waals surface area contributed by atoms with Crippen LogP contribution in [0.15, 0.2) is 41.4 Å². The first-order valence-corrected chi connectivity index (χ1v) is 12.4. The Morgan fingerprint density at radius 1 is 1.15 bits per heavy atom. The van der Waals surface area contributed by atoms with Gasteiger partial charge in [-0.1, -0.05) is 13.0 Å². The first-order valence-electron chi connectivity index (χ1n) is 10.9. The maximum Gasteiger partial charge on any atom is 0.293 e. The Labute approximate surface area is 193 Å². The summed E-state index contributed by atoms with van der Waals surface area (Å²) in [4.78, 5) is 15.1. The molecule has 2 aromatic rings. The molecule has 0 aliphatic heterocycles. The first-order chi connectivity index (χ1) is 15.8. The van der Waals surface area contributed by atoms with Crippen molar-refractivity contribution in [1.29, 1.82) is 0 Å². The average Bonchev–Trinajstić information content (AvgIpc) is 2.80. The number of nitrogens with zero attached hydrogens (tertiary/aromatic N) is 2. The van der Waals surface area contributed by atoms with Crippen LogP contribution in [0.1, 0.15) is 38.2 Å².